The van der Waals surface area contributed by atoms with Gasteiger partial charge in [-0.2, -0.15) is 0 Å². The topological polar surface area (TPSA) is 64.1 Å². The molecular formula is C17H25N3O. The van der Waals surface area contributed by atoms with Gasteiger partial charge in [0.2, 0.25) is 0 Å². The van der Waals surface area contributed by atoms with E-state index >= 15 is 0 Å². The molecule has 1 aromatic heterocycles. The molecule has 0 amide bonds. The molecule has 1 heterocycles. The molecule has 1 aliphatic rings. The number of para-hydroxylation sites is 2. The molecule has 0 bridgehead atoms. The Hall–Kier alpha value is -1.39. The van der Waals surface area contributed by atoms with E-state index in [9.17, 15) is 5.11 Å². The summed E-state index contributed by atoms with van der Waals surface area (Å²) in [7, 11) is 0. The van der Waals surface area contributed by atoms with E-state index in [0.717, 1.165) is 29.7 Å². The molecule has 1 saturated carbocycles. The Morgan fingerprint density at radius 1 is 1.14 bits per heavy atom. The van der Waals surface area contributed by atoms with Gasteiger partial charge in [-0.1, -0.05) is 37.8 Å². The molecule has 1 aromatic carbocycles. The van der Waals surface area contributed by atoms with Crippen molar-refractivity contribution in [1.29, 1.82) is 0 Å². The minimum Gasteiger partial charge on any atom is -0.395 e. The van der Waals surface area contributed by atoms with E-state index in [4.69, 9.17) is 10.7 Å². The van der Waals surface area contributed by atoms with Crippen LogP contribution in [0.1, 0.15) is 44.3 Å². The fourth-order valence-electron chi connectivity index (χ4n) is 3.73. The van der Waals surface area contributed by atoms with Crippen LogP contribution in [0.3, 0.4) is 0 Å². The summed E-state index contributed by atoms with van der Waals surface area (Å²) in [6.07, 6.45) is 7.25. The van der Waals surface area contributed by atoms with E-state index in [-0.39, 0.29) is 12.0 Å². The number of aromatic nitrogens is 2. The van der Waals surface area contributed by atoms with E-state index in [0.29, 0.717) is 13.1 Å². The van der Waals surface area contributed by atoms with Crippen LogP contribution >= 0.6 is 0 Å². The standard InChI is InChI=1S/C17H25N3O/c18-13-17(9-5-1-2-6-10-17)16-19-14-7-3-4-8-15(14)20(16)11-12-21/h3-4,7-8,21H,1-2,5-6,9-13,18H2. The molecule has 3 rings (SSSR count). The molecule has 0 aliphatic heterocycles. The maximum Gasteiger partial charge on any atom is 0.117 e. The number of rotatable bonds is 4. The molecule has 4 nitrogen and oxygen atoms in total. The lowest BCUT2D eigenvalue weighted by Gasteiger charge is -2.31. The van der Waals surface area contributed by atoms with Crippen LogP contribution in [-0.4, -0.2) is 27.8 Å². The van der Waals surface area contributed by atoms with Gasteiger partial charge in [0.15, 0.2) is 0 Å². The zero-order valence-electron chi connectivity index (χ0n) is 12.6. The lowest BCUT2D eigenvalue weighted by Crippen LogP contribution is -2.37. The molecular weight excluding hydrogens is 262 g/mol. The van der Waals surface area contributed by atoms with Crippen molar-refractivity contribution < 1.29 is 5.11 Å². The summed E-state index contributed by atoms with van der Waals surface area (Å²) in [5.41, 5.74) is 8.31. The maximum absolute atomic E-state index is 9.45. The molecule has 2 aromatic rings. The molecule has 21 heavy (non-hydrogen) atoms. The third kappa shape index (κ3) is 2.58. The van der Waals surface area contributed by atoms with Crippen molar-refractivity contribution in [3.8, 4) is 0 Å². The fraction of sp³-hybridized carbons (Fsp3) is 0.588. The molecule has 0 atom stereocenters. The summed E-state index contributed by atoms with van der Waals surface area (Å²) in [5, 5.41) is 9.45. The predicted octanol–water partition coefficient (Wildman–Crippen LogP) is 2.58. The first-order chi connectivity index (χ1) is 10.3. The number of nitrogens with zero attached hydrogens (tertiary/aromatic N) is 2. The summed E-state index contributed by atoms with van der Waals surface area (Å²) in [5.74, 6) is 1.09. The lowest BCUT2D eigenvalue weighted by molar-refractivity contribution is 0.266. The Morgan fingerprint density at radius 3 is 2.52 bits per heavy atom. The van der Waals surface area contributed by atoms with Crippen LogP contribution in [0.4, 0.5) is 0 Å². The molecule has 114 valence electrons. The Balaban J connectivity index is 2.14. The van der Waals surface area contributed by atoms with E-state index in [1.54, 1.807) is 0 Å². The average molecular weight is 287 g/mol. The zero-order chi connectivity index (χ0) is 14.7. The predicted molar refractivity (Wildman–Crippen MR) is 85.3 cm³/mol. The molecule has 4 heteroatoms. The smallest absolute Gasteiger partial charge is 0.117 e. The fourth-order valence-corrected chi connectivity index (χ4v) is 3.73. The Labute approximate surface area is 126 Å². The Bertz CT molecular complexity index is 597. The molecule has 0 radical (unpaired) electrons. The number of imidazole rings is 1. The summed E-state index contributed by atoms with van der Waals surface area (Å²) in [6.45, 7) is 1.37. The van der Waals surface area contributed by atoms with Gasteiger partial charge >= 0.3 is 0 Å². The maximum atomic E-state index is 9.45. The van der Waals surface area contributed by atoms with Crippen molar-refractivity contribution in [1.82, 2.24) is 9.55 Å². The highest BCUT2D eigenvalue weighted by Gasteiger charge is 2.36. The van der Waals surface area contributed by atoms with Crippen molar-refractivity contribution in [3.63, 3.8) is 0 Å². The van der Waals surface area contributed by atoms with Gasteiger partial charge in [-0.25, -0.2) is 4.98 Å². The molecule has 1 fully saturated rings. The van der Waals surface area contributed by atoms with Crippen LogP contribution in [0, 0.1) is 0 Å². The normalized spacial score (nSPS) is 18.8. The minimum atomic E-state index is -0.0231. The van der Waals surface area contributed by atoms with Gasteiger partial charge in [0, 0.05) is 18.5 Å². The number of nitrogens with two attached hydrogens (primary N) is 1. The van der Waals surface area contributed by atoms with Gasteiger partial charge in [-0.15, -0.1) is 0 Å². The lowest BCUT2D eigenvalue weighted by atomic mass is 9.79. The first-order valence-electron chi connectivity index (χ1n) is 8.07. The van der Waals surface area contributed by atoms with Crippen LogP contribution in [0.15, 0.2) is 24.3 Å². The van der Waals surface area contributed by atoms with Gasteiger partial charge in [0.1, 0.15) is 5.82 Å². The van der Waals surface area contributed by atoms with E-state index < -0.39 is 0 Å². The van der Waals surface area contributed by atoms with Crippen LogP contribution in [0.5, 0.6) is 0 Å². The van der Waals surface area contributed by atoms with E-state index in [2.05, 4.69) is 10.6 Å². The Kier molecular flexibility index (Phi) is 4.27. The number of fused-ring (bicyclic) bond motifs is 1. The number of hydrogen-bond donors (Lipinski definition) is 2. The number of hydrogen-bond acceptors (Lipinski definition) is 3. The largest absolute Gasteiger partial charge is 0.395 e. The molecule has 1 aliphatic carbocycles. The van der Waals surface area contributed by atoms with Crippen molar-refractivity contribution in [2.24, 2.45) is 5.73 Å². The van der Waals surface area contributed by atoms with Gasteiger partial charge in [-0.05, 0) is 25.0 Å². The number of aliphatic hydroxyl groups excluding tert-OH is 1. The summed E-state index contributed by atoms with van der Waals surface area (Å²) in [4.78, 5) is 4.91. The zero-order valence-corrected chi connectivity index (χ0v) is 12.6. The first-order valence-corrected chi connectivity index (χ1v) is 8.07. The van der Waals surface area contributed by atoms with Gasteiger partial charge in [-0.3, -0.25) is 0 Å². The van der Waals surface area contributed by atoms with Gasteiger partial charge in [0.05, 0.1) is 17.6 Å². The van der Waals surface area contributed by atoms with Gasteiger partial charge < -0.3 is 15.4 Å². The molecule has 0 spiro atoms. The number of aliphatic hydroxyl groups is 1. The first kappa shape index (κ1) is 14.5. The highest BCUT2D eigenvalue weighted by Crippen LogP contribution is 2.38. The summed E-state index contributed by atoms with van der Waals surface area (Å²) >= 11 is 0. The van der Waals surface area contributed by atoms with E-state index in [1.165, 1.54) is 25.7 Å². The third-order valence-electron chi connectivity index (χ3n) is 4.90. The highest BCUT2D eigenvalue weighted by atomic mass is 16.3. The second-order valence-electron chi connectivity index (χ2n) is 6.20. The van der Waals surface area contributed by atoms with Crippen molar-refractivity contribution >= 4 is 11.0 Å². The summed E-state index contributed by atoms with van der Waals surface area (Å²) < 4.78 is 2.19. The van der Waals surface area contributed by atoms with Gasteiger partial charge in [0.25, 0.3) is 0 Å². The van der Waals surface area contributed by atoms with Crippen molar-refractivity contribution in [2.45, 2.75) is 50.5 Å². The molecule has 0 saturated heterocycles. The summed E-state index contributed by atoms with van der Waals surface area (Å²) in [6, 6.07) is 8.19. The second kappa shape index (κ2) is 6.16. The third-order valence-corrected chi connectivity index (χ3v) is 4.90. The van der Waals surface area contributed by atoms with Crippen LogP contribution in [0.2, 0.25) is 0 Å². The molecule has 3 N–H and O–H groups in total. The minimum absolute atomic E-state index is 0.0231. The van der Waals surface area contributed by atoms with Crippen molar-refractivity contribution in [2.75, 3.05) is 13.2 Å². The number of benzene rings is 1. The molecule has 0 unspecified atom stereocenters. The SMILES string of the molecule is NCC1(c2nc3ccccc3n2CCO)CCCCCC1. The van der Waals surface area contributed by atoms with Crippen LogP contribution in [0.25, 0.3) is 11.0 Å². The Morgan fingerprint density at radius 2 is 1.86 bits per heavy atom. The monoisotopic (exact) mass is 287 g/mol. The average Bonchev–Trinajstić information content (AvgIpc) is 2.72. The van der Waals surface area contributed by atoms with Crippen molar-refractivity contribution in [3.05, 3.63) is 30.1 Å². The quantitative estimate of drug-likeness (QED) is 0.850. The second-order valence-corrected chi connectivity index (χ2v) is 6.20. The van der Waals surface area contributed by atoms with Crippen LogP contribution < -0.4 is 5.73 Å². The highest BCUT2D eigenvalue weighted by molar-refractivity contribution is 5.76. The van der Waals surface area contributed by atoms with E-state index in [1.807, 2.05) is 18.2 Å². The van der Waals surface area contributed by atoms with Crippen LogP contribution in [-0.2, 0) is 12.0 Å².